The molecule has 0 spiro atoms. The van der Waals surface area contributed by atoms with Gasteiger partial charge in [0.2, 0.25) is 23.6 Å². The summed E-state index contributed by atoms with van der Waals surface area (Å²) in [5.74, 6) is -3.45. The summed E-state index contributed by atoms with van der Waals surface area (Å²) >= 11 is 0. The van der Waals surface area contributed by atoms with Crippen LogP contribution in [0, 0.1) is 17.8 Å². The quantitative estimate of drug-likeness (QED) is 0.471. The summed E-state index contributed by atoms with van der Waals surface area (Å²) < 4.78 is 5.58. The van der Waals surface area contributed by atoms with Crippen LogP contribution in [0.2, 0.25) is 0 Å². The van der Waals surface area contributed by atoms with Crippen molar-refractivity contribution in [2.45, 2.75) is 104 Å². The SMILES string of the molecule is CC(C)C[C@H]1OC(=O)CCNC(=O)[C@H](C)N(C)C(=O)[C@H](C(C)C)N(C)C(=O)C(C(C)C)NC(=O)[C@@H]2CCCN2C1=O. The predicted molar refractivity (Wildman–Crippen MR) is 152 cm³/mol. The molecule has 5 atom stereocenters. The maximum Gasteiger partial charge on any atom is 0.308 e. The highest BCUT2D eigenvalue weighted by molar-refractivity contribution is 5.96. The molecule has 2 heterocycles. The number of rotatable bonds is 4. The predicted octanol–water partition coefficient (Wildman–Crippen LogP) is 0.926. The van der Waals surface area contributed by atoms with E-state index < -0.39 is 65.8 Å². The van der Waals surface area contributed by atoms with Crippen LogP contribution in [-0.4, -0.2) is 108 Å². The second-order valence-corrected chi connectivity index (χ2v) is 12.3. The van der Waals surface area contributed by atoms with Crippen molar-refractivity contribution in [2.75, 3.05) is 27.2 Å². The van der Waals surface area contributed by atoms with Crippen molar-refractivity contribution in [3.63, 3.8) is 0 Å². The van der Waals surface area contributed by atoms with Crippen LogP contribution in [0.5, 0.6) is 0 Å². The van der Waals surface area contributed by atoms with E-state index in [0.29, 0.717) is 19.4 Å². The molecule has 0 radical (unpaired) electrons. The number of carbonyl (C=O) groups is 6. The number of carbonyl (C=O) groups excluding carboxylic acids is 6. The maximum absolute atomic E-state index is 13.8. The molecule has 1 unspecified atom stereocenters. The Balaban J connectivity index is 2.50. The van der Waals surface area contributed by atoms with E-state index in [4.69, 9.17) is 4.74 Å². The number of amides is 5. The first-order valence-electron chi connectivity index (χ1n) is 14.7. The highest BCUT2D eigenvalue weighted by atomic mass is 16.5. The van der Waals surface area contributed by atoms with Gasteiger partial charge in [0.05, 0.1) is 6.42 Å². The summed E-state index contributed by atoms with van der Waals surface area (Å²) in [7, 11) is 3.02. The van der Waals surface area contributed by atoms with Gasteiger partial charge in [0.15, 0.2) is 6.10 Å². The van der Waals surface area contributed by atoms with Crippen LogP contribution in [0.25, 0.3) is 0 Å². The Morgan fingerprint density at radius 1 is 0.854 bits per heavy atom. The molecule has 12 nitrogen and oxygen atoms in total. The topological polar surface area (TPSA) is 145 Å². The lowest BCUT2D eigenvalue weighted by Gasteiger charge is -2.37. The molecule has 2 saturated heterocycles. The summed E-state index contributed by atoms with van der Waals surface area (Å²) in [6.07, 6.45) is 0.0461. The van der Waals surface area contributed by atoms with Crippen molar-refractivity contribution in [2.24, 2.45) is 17.8 Å². The van der Waals surface area contributed by atoms with Crippen LogP contribution in [0.4, 0.5) is 0 Å². The van der Waals surface area contributed by atoms with E-state index in [2.05, 4.69) is 10.6 Å². The van der Waals surface area contributed by atoms with Crippen LogP contribution in [0.3, 0.4) is 0 Å². The van der Waals surface area contributed by atoms with Crippen molar-refractivity contribution in [1.82, 2.24) is 25.3 Å². The molecular weight excluding hydrogens is 530 g/mol. The normalized spacial score (nSPS) is 28.4. The molecule has 0 bridgehead atoms. The largest absolute Gasteiger partial charge is 0.452 e. The fourth-order valence-electron chi connectivity index (χ4n) is 5.36. The molecule has 12 heteroatoms. The number of esters is 1. The molecule has 5 amide bonds. The van der Waals surface area contributed by atoms with Crippen molar-refractivity contribution in [3.05, 3.63) is 0 Å². The maximum atomic E-state index is 13.8. The van der Waals surface area contributed by atoms with Gasteiger partial charge in [-0.1, -0.05) is 41.5 Å². The highest BCUT2D eigenvalue weighted by Crippen LogP contribution is 2.23. The van der Waals surface area contributed by atoms with E-state index in [1.807, 2.05) is 27.7 Å². The molecule has 2 rings (SSSR count). The van der Waals surface area contributed by atoms with Gasteiger partial charge in [-0.25, -0.2) is 0 Å². The molecule has 0 aromatic rings. The fraction of sp³-hybridized carbons (Fsp3) is 0.793. The van der Waals surface area contributed by atoms with Crippen LogP contribution in [-0.2, 0) is 33.5 Å². The Hall–Kier alpha value is -3.18. The lowest BCUT2D eigenvalue weighted by atomic mass is 9.97. The minimum absolute atomic E-state index is 0.0363. The first-order chi connectivity index (χ1) is 19.1. The standard InChI is InChI=1S/C29H49N5O7/c1-16(2)15-21-27(38)34-14-10-11-20(34)26(37)31-23(17(3)4)28(39)33(9)24(18(5)6)29(40)32(8)19(7)25(36)30-13-12-22(35)41-21/h16-21,23-24H,10-15H2,1-9H3,(H,30,36)(H,31,37)/t19-,20-,21+,23?,24-/m0/s1. The Kier molecular flexibility index (Phi) is 12.1. The average molecular weight is 580 g/mol. The number of nitrogens with zero attached hydrogens (tertiary/aromatic N) is 3. The third kappa shape index (κ3) is 8.42. The lowest BCUT2D eigenvalue weighted by Crippen LogP contribution is -2.60. The summed E-state index contributed by atoms with van der Waals surface area (Å²) in [4.78, 5) is 84.1. The molecule has 0 aromatic heterocycles. The zero-order valence-corrected chi connectivity index (χ0v) is 26.1. The van der Waals surface area contributed by atoms with Gasteiger partial charge in [0.25, 0.3) is 5.91 Å². The van der Waals surface area contributed by atoms with Gasteiger partial charge in [-0.2, -0.15) is 0 Å². The number of cyclic esters (lactones) is 1. The van der Waals surface area contributed by atoms with Crippen LogP contribution < -0.4 is 10.6 Å². The number of likely N-dealkylation sites (N-methyl/N-ethyl adjacent to an activating group) is 2. The van der Waals surface area contributed by atoms with E-state index >= 15 is 0 Å². The van der Waals surface area contributed by atoms with Gasteiger partial charge in [0.1, 0.15) is 24.2 Å². The van der Waals surface area contributed by atoms with E-state index in [1.165, 1.54) is 28.8 Å². The van der Waals surface area contributed by atoms with Gasteiger partial charge in [-0.15, -0.1) is 0 Å². The minimum Gasteiger partial charge on any atom is -0.452 e. The molecule has 0 saturated carbocycles. The molecule has 41 heavy (non-hydrogen) atoms. The molecule has 2 N–H and O–H groups in total. The summed E-state index contributed by atoms with van der Waals surface area (Å²) in [6, 6.07) is -3.53. The first kappa shape index (κ1) is 34.0. The molecule has 2 fully saturated rings. The zero-order chi connectivity index (χ0) is 31.2. The van der Waals surface area contributed by atoms with E-state index in [1.54, 1.807) is 20.8 Å². The van der Waals surface area contributed by atoms with Crippen molar-refractivity contribution in [3.8, 4) is 0 Å². The van der Waals surface area contributed by atoms with Gasteiger partial charge in [0, 0.05) is 27.2 Å². The van der Waals surface area contributed by atoms with Crippen LogP contribution in [0.15, 0.2) is 0 Å². The van der Waals surface area contributed by atoms with Gasteiger partial charge in [-0.3, -0.25) is 28.8 Å². The zero-order valence-electron chi connectivity index (χ0n) is 26.1. The van der Waals surface area contributed by atoms with Gasteiger partial charge >= 0.3 is 5.97 Å². The Morgan fingerprint density at radius 2 is 1.49 bits per heavy atom. The summed E-state index contributed by atoms with van der Waals surface area (Å²) in [5, 5.41) is 5.51. The van der Waals surface area contributed by atoms with Crippen LogP contribution >= 0.6 is 0 Å². The number of hydrogen-bond acceptors (Lipinski definition) is 7. The van der Waals surface area contributed by atoms with Crippen molar-refractivity contribution < 1.29 is 33.5 Å². The number of ether oxygens (including phenoxy) is 1. The lowest BCUT2D eigenvalue weighted by molar-refractivity contribution is -0.162. The second-order valence-electron chi connectivity index (χ2n) is 12.3. The fourth-order valence-corrected chi connectivity index (χ4v) is 5.36. The third-order valence-electron chi connectivity index (χ3n) is 7.89. The third-order valence-corrected chi connectivity index (χ3v) is 7.89. The highest BCUT2D eigenvalue weighted by Gasteiger charge is 2.42. The molecule has 0 aromatic carbocycles. The first-order valence-corrected chi connectivity index (χ1v) is 14.7. The number of hydrogen-bond donors (Lipinski definition) is 2. The number of fused-ring (bicyclic) bond motifs is 1. The molecule has 232 valence electrons. The molecule has 2 aliphatic rings. The second kappa shape index (κ2) is 14.6. The number of nitrogens with one attached hydrogen (secondary N) is 2. The Morgan fingerprint density at radius 3 is 2.05 bits per heavy atom. The Bertz CT molecular complexity index is 998. The van der Waals surface area contributed by atoms with Gasteiger partial charge in [-0.05, 0) is 43.9 Å². The van der Waals surface area contributed by atoms with Crippen molar-refractivity contribution >= 4 is 35.5 Å². The smallest absolute Gasteiger partial charge is 0.308 e. The minimum atomic E-state index is -1.07. The van der Waals surface area contributed by atoms with E-state index in [-0.39, 0.29) is 37.1 Å². The molecule has 2 aliphatic heterocycles. The van der Waals surface area contributed by atoms with Gasteiger partial charge < -0.3 is 30.1 Å². The molecule has 0 aliphatic carbocycles. The van der Waals surface area contributed by atoms with E-state index in [9.17, 15) is 28.8 Å². The molecular formula is C29H49N5O7. The van der Waals surface area contributed by atoms with Crippen molar-refractivity contribution in [1.29, 1.82) is 0 Å². The average Bonchev–Trinajstić information content (AvgIpc) is 3.38. The van der Waals surface area contributed by atoms with Crippen LogP contribution in [0.1, 0.15) is 74.1 Å². The Labute approximate surface area is 243 Å². The summed E-state index contributed by atoms with van der Waals surface area (Å²) in [6.45, 7) is 12.9. The summed E-state index contributed by atoms with van der Waals surface area (Å²) in [5.41, 5.74) is 0. The van der Waals surface area contributed by atoms with E-state index in [0.717, 1.165) is 0 Å². The monoisotopic (exact) mass is 579 g/mol.